The lowest BCUT2D eigenvalue weighted by atomic mass is 9.89. The third-order valence-electron chi connectivity index (χ3n) is 4.64. The molecule has 2 saturated heterocycles. The number of benzene rings is 1. The minimum absolute atomic E-state index is 0.148. The fourth-order valence-corrected chi connectivity index (χ4v) is 3.98. The third-order valence-corrected chi connectivity index (χ3v) is 4.64. The van der Waals surface area contributed by atoms with Crippen LogP contribution in [-0.4, -0.2) is 28.1 Å². The number of rotatable bonds is 3. The molecule has 2 bridgehead atoms. The molecular weight excluding hydrogens is 238 g/mol. The maximum Gasteiger partial charge on any atom is 0.308 e. The number of carboxylic acid groups (broad SMARTS) is 1. The highest BCUT2D eigenvalue weighted by Gasteiger charge is 2.48. The highest BCUT2D eigenvalue weighted by Crippen LogP contribution is 2.42. The zero-order chi connectivity index (χ0) is 13.6. The molecule has 3 rings (SSSR count). The Morgan fingerprint density at radius 2 is 1.95 bits per heavy atom. The summed E-state index contributed by atoms with van der Waals surface area (Å²) in [6.45, 7) is 5.14. The second-order valence-corrected chi connectivity index (χ2v) is 6.15. The van der Waals surface area contributed by atoms with Crippen LogP contribution in [-0.2, 0) is 11.3 Å². The van der Waals surface area contributed by atoms with E-state index in [9.17, 15) is 9.90 Å². The minimum atomic E-state index is -0.613. The van der Waals surface area contributed by atoms with Crippen LogP contribution in [0.15, 0.2) is 18.2 Å². The van der Waals surface area contributed by atoms with E-state index in [1.165, 1.54) is 23.1 Å². The Labute approximate surface area is 114 Å². The Bertz CT molecular complexity index is 491. The van der Waals surface area contributed by atoms with Crippen LogP contribution in [0, 0.1) is 19.8 Å². The van der Waals surface area contributed by atoms with Crippen LogP contribution in [0.1, 0.15) is 36.0 Å². The maximum atomic E-state index is 11.3. The molecule has 2 heterocycles. The van der Waals surface area contributed by atoms with Crippen LogP contribution in [0.25, 0.3) is 0 Å². The average molecular weight is 259 g/mol. The van der Waals surface area contributed by atoms with Crippen molar-refractivity contribution in [2.24, 2.45) is 5.92 Å². The molecule has 1 N–H and O–H groups in total. The lowest BCUT2D eigenvalue weighted by Crippen LogP contribution is -2.32. The normalized spacial score (nSPS) is 29.9. The predicted octanol–water partition coefficient (Wildman–Crippen LogP) is 2.74. The van der Waals surface area contributed by atoms with Gasteiger partial charge in [0.2, 0.25) is 0 Å². The van der Waals surface area contributed by atoms with Gasteiger partial charge in [0.15, 0.2) is 0 Å². The summed E-state index contributed by atoms with van der Waals surface area (Å²) in [7, 11) is 0. The van der Waals surface area contributed by atoms with Crippen LogP contribution < -0.4 is 0 Å². The van der Waals surface area contributed by atoms with Crippen LogP contribution >= 0.6 is 0 Å². The highest BCUT2D eigenvalue weighted by molar-refractivity contribution is 5.71. The Kier molecular flexibility index (Phi) is 3.09. The van der Waals surface area contributed by atoms with E-state index < -0.39 is 5.97 Å². The zero-order valence-electron chi connectivity index (χ0n) is 11.6. The molecule has 3 heteroatoms. The second kappa shape index (κ2) is 4.64. The van der Waals surface area contributed by atoms with Gasteiger partial charge in [-0.25, -0.2) is 0 Å². The number of carboxylic acids is 1. The number of carbonyl (C=O) groups is 1. The summed E-state index contributed by atoms with van der Waals surface area (Å²) in [4.78, 5) is 13.7. The van der Waals surface area contributed by atoms with Gasteiger partial charge in [-0.05, 0) is 38.7 Å². The van der Waals surface area contributed by atoms with Crippen LogP contribution in [0.4, 0.5) is 0 Å². The van der Waals surface area contributed by atoms with Gasteiger partial charge in [0.1, 0.15) is 0 Å². The molecule has 0 radical (unpaired) electrons. The second-order valence-electron chi connectivity index (χ2n) is 6.15. The monoisotopic (exact) mass is 259 g/mol. The van der Waals surface area contributed by atoms with Crippen LogP contribution in [0.5, 0.6) is 0 Å². The third kappa shape index (κ3) is 2.27. The molecule has 1 aromatic carbocycles. The van der Waals surface area contributed by atoms with Crippen molar-refractivity contribution >= 4 is 5.97 Å². The van der Waals surface area contributed by atoms with Gasteiger partial charge in [0, 0.05) is 18.6 Å². The van der Waals surface area contributed by atoms with E-state index in [0.717, 1.165) is 19.4 Å². The van der Waals surface area contributed by atoms with Crippen molar-refractivity contribution in [2.75, 3.05) is 0 Å². The van der Waals surface area contributed by atoms with Gasteiger partial charge in [-0.15, -0.1) is 0 Å². The number of aryl methyl sites for hydroxylation is 2. The summed E-state index contributed by atoms with van der Waals surface area (Å²) < 4.78 is 0. The van der Waals surface area contributed by atoms with E-state index >= 15 is 0 Å². The first kappa shape index (κ1) is 12.7. The predicted molar refractivity (Wildman–Crippen MR) is 74.0 cm³/mol. The van der Waals surface area contributed by atoms with Gasteiger partial charge in [-0.2, -0.15) is 0 Å². The lowest BCUT2D eigenvalue weighted by molar-refractivity contribution is -0.142. The number of fused-ring (bicyclic) bond motifs is 2. The summed E-state index contributed by atoms with van der Waals surface area (Å²) in [6, 6.07) is 7.36. The molecule has 1 aromatic rings. The number of nitrogens with zero attached hydrogens (tertiary/aromatic N) is 1. The molecule has 0 spiro atoms. The van der Waals surface area contributed by atoms with Crippen molar-refractivity contribution in [3.8, 4) is 0 Å². The highest BCUT2D eigenvalue weighted by atomic mass is 16.4. The largest absolute Gasteiger partial charge is 0.481 e. The van der Waals surface area contributed by atoms with E-state index in [4.69, 9.17) is 0 Å². The molecule has 0 aromatic heterocycles. The minimum Gasteiger partial charge on any atom is -0.481 e. The fraction of sp³-hybridized carbons (Fsp3) is 0.562. The number of hydrogen-bond donors (Lipinski definition) is 1. The van der Waals surface area contributed by atoms with Crippen molar-refractivity contribution in [3.63, 3.8) is 0 Å². The standard InChI is InChI=1S/C16H21NO2/c1-10-5-11(2)7-12(6-10)9-17-13-3-4-15(17)14(8-13)16(18)19/h5-7,13-15H,3-4,8-9H2,1-2H3,(H,18,19). The molecule has 102 valence electrons. The molecule has 0 aliphatic carbocycles. The first-order valence-electron chi connectivity index (χ1n) is 7.10. The van der Waals surface area contributed by atoms with Gasteiger partial charge in [-0.1, -0.05) is 29.3 Å². The summed E-state index contributed by atoms with van der Waals surface area (Å²) in [6.07, 6.45) is 3.05. The first-order valence-corrected chi connectivity index (χ1v) is 7.10. The summed E-state index contributed by atoms with van der Waals surface area (Å²) in [5.74, 6) is -0.762. The molecule has 3 unspecified atom stereocenters. The van der Waals surface area contributed by atoms with Gasteiger partial charge in [0.25, 0.3) is 0 Å². The molecule has 2 aliphatic rings. The van der Waals surface area contributed by atoms with Crippen LogP contribution in [0.2, 0.25) is 0 Å². The SMILES string of the molecule is Cc1cc(C)cc(CN2C3CCC2C(C(=O)O)C3)c1. The maximum absolute atomic E-state index is 11.3. The van der Waals surface area contributed by atoms with Crippen molar-refractivity contribution in [1.82, 2.24) is 4.90 Å². The Morgan fingerprint density at radius 3 is 2.53 bits per heavy atom. The zero-order valence-corrected chi connectivity index (χ0v) is 11.6. The Balaban J connectivity index is 1.79. The van der Waals surface area contributed by atoms with Crippen molar-refractivity contribution in [3.05, 3.63) is 34.9 Å². The fourth-order valence-electron chi connectivity index (χ4n) is 3.98. The van der Waals surface area contributed by atoms with Gasteiger partial charge < -0.3 is 5.11 Å². The molecule has 0 saturated carbocycles. The van der Waals surface area contributed by atoms with Gasteiger partial charge in [0.05, 0.1) is 5.92 Å². The quantitative estimate of drug-likeness (QED) is 0.907. The van der Waals surface area contributed by atoms with Crippen LogP contribution in [0.3, 0.4) is 0 Å². The smallest absolute Gasteiger partial charge is 0.308 e. The number of aliphatic carboxylic acids is 1. The van der Waals surface area contributed by atoms with E-state index in [2.05, 4.69) is 36.9 Å². The van der Waals surface area contributed by atoms with E-state index in [1.807, 2.05) is 0 Å². The molecule has 19 heavy (non-hydrogen) atoms. The topological polar surface area (TPSA) is 40.5 Å². The number of hydrogen-bond acceptors (Lipinski definition) is 2. The van der Waals surface area contributed by atoms with E-state index in [-0.39, 0.29) is 12.0 Å². The van der Waals surface area contributed by atoms with E-state index in [1.54, 1.807) is 0 Å². The van der Waals surface area contributed by atoms with Crippen molar-refractivity contribution in [2.45, 2.75) is 51.7 Å². The summed E-state index contributed by atoms with van der Waals surface area (Å²) in [5.41, 5.74) is 3.90. The lowest BCUT2D eigenvalue weighted by Gasteiger charge is -2.23. The molecular formula is C16H21NO2. The van der Waals surface area contributed by atoms with Crippen molar-refractivity contribution in [1.29, 1.82) is 0 Å². The van der Waals surface area contributed by atoms with Gasteiger partial charge in [-0.3, -0.25) is 9.69 Å². The van der Waals surface area contributed by atoms with E-state index in [0.29, 0.717) is 6.04 Å². The Morgan fingerprint density at radius 1 is 1.26 bits per heavy atom. The summed E-state index contributed by atoms with van der Waals surface area (Å²) >= 11 is 0. The Hall–Kier alpha value is -1.35. The van der Waals surface area contributed by atoms with Crippen molar-refractivity contribution < 1.29 is 9.90 Å². The molecule has 2 aliphatic heterocycles. The average Bonchev–Trinajstić information content (AvgIpc) is 2.85. The molecule has 3 atom stereocenters. The molecule has 3 nitrogen and oxygen atoms in total. The van der Waals surface area contributed by atoms with Gasteiger partial charge >= 0.3 is 5.97 Å². The molecule has 2 fully saturated rings. The molecule has 0 amide bonds. The first-order chi connectivity index (χ1) is 9.04. The summed E-state index contributed by atoms with van der Waals surface area (Å²) in [5, 5.41) is 9.28.